The molecule has 0 fully saturated rings. The fourth-order valence-corrected chi connectivity index (χ4v) is 2.67. The Labute approximate surface area is 165 Å². The van der Waals surface area contributed by atoms with Crippen LogP contribution in [0.15, 0.2) is 39.9 Å². The number of carbonyl (C=O) groups excluding carboxylic acids is 2. The van der Waals surface area contributed by atoms with Crippen LogP contribution in [-0.2, 0) is 9.59 Å². The lowest BCUT2D eigenvalue weighted by atomic mass is 10.1. The van der Waals surface area contributed by atoms with Gasteiger partial charge in [-0.1, -0.05) is 6.07 Å². The topological polar surface area (TPSA) is 100 Å². The molecule has 3 N–H and O–H groups in total. The Morgan fingerprint density at radius 2 is 1.93 bits per heavy atom. The van der Waals surface area contributed by atoms with E-state index in [4.69, 9.17) is 4.74 Å². The molecule has 0 atom stereocenters. The van der Waals surface area contributed by atoms with Crippen molar-refractivity contribution in [1.82, 2.24) is 5.43 Å². The summed E-state index contributed by atoms with van der Waals surface area (Å²) < 4.78 is 5.47. The van der Waals surface area contributed by atoms with Crippen LogP contribution in [0.25, 0.3) is 0 Å². The van der Waals surface area contributed by atoms with Crippen molar-refractivity contribution in [1.29, 1.82) is 0 Å². The Morgan fingerprint density at radius 1 is 1.19 bits per heavy atom. The lowest BCUT2D eigenvalue weighted by Gasteiger charge is -2.07. The van der Waals surface area contributed by atoms with Crippen molar-refractivity contribution in [2.75, 3.05) is 12.4 Å². The first-order chi connectivity index (χ1) is 12.8. The second-order valence-electron chi connectivity index (χ2n) is 5.87. The van der Waals surface area contributed by atoms with Crippen molar-refractivity contribution in [3.05, 3.63) is 51.5 Å². The second kappa shape index (κ2) is 9.18. The van der Waals surface area contributed by atoms with E-state index in [1.807, 2.05) is 26.0 Å². The van der Waals surface area contributed by atoms with E-state index in [0.29, 0.717) is 15.7 Å². The predicted octanol–water partition coefficient (Wildman–Crippen LogP) is 3.26. The molecule has 0 heterocycles. The maximum Gasteiger partial charge on any atom is 0.249 e. The Balaban J connectivity index is 1.90. The number of phenolic OH excluding ortho intramolecular Hbond substituents is 1. The normalized spacial score (nSPS) is 10.7. The molecule has 8 heteroatoms. The molecule has 2 aromatic rings. The number of hydrogen-bond donors (Lipinski definition) is 3. The van der Waals surface area contributed by atoms with Gasteiger partial charge in [-0.2, -0.15) is 5.10 Å². The maximum atomic E-state index is 11.9. The van der Waals surface area contributed by atoms with Crippen molar-refractivity contribution in [3.63, 3.8) is 0 Å². The molecule has 2 amide bonds. The average molecular weight is 434 g/mol. The van der Waals surface area contributed by atoms with Gasteiger partial charge in [-0.05, 0) is 70.7 Å². The molecule has 0 saturated carbocycles. The van der Waals surface area contributed by atoms with Crippen LogP contribution >= 0.6 is 15.9 Å². The number of ether oxygens (including phenoxy) is 1. The Morgan fingerprint density at radius 3 is 2.59 bits per heavy atom. The maximum absolute atomic E-state index is 11.9. The molecule has 7 nitrogen and oxygen atoms in total. The fourth-order valence-electron chi connectivity index (χ4n) is 2.21. The van der Waals surface area contributed by atoms with E-state index in [2.05, 4.69) is 31.8 Å². The number of phenols is 1. The number of amides is 2. The molecule has 142 valence electrons. The van der Waals surface area contributed by atoms with Crippen LogP contribution in [0.3, 0.4) is 0 Å². The Hall–Kier alpha value is -2.87. The SMILES string of the molecule is COc1cc(C=NNC(=O)CC(=O)Nc2ccc(C)c(C)c2)cc(Br)c1O. The molecule has 0 aliphatic rings. The van der Waals surface area contributed by atoms with Crippen LogP contribution in [0, 0.1) is 13.8 Å². The summed E-state index contributed by atoms with van der Waals surface area (Å²) in [7, 11) is 1.43. The molecule has 0 aliphatic carbocycles. The lowest BCUT2D eigenvalue weighted by molar-refractivity contribution is -0.126. The summed E-state index contributed by atoms with van der Waals surface area (Å²) >= 11 is 3.20. The lowest BCUT2D eigenvalue weighted by Crippen LogP contribution is -2.24. The number of anilines is 1. The van der Waals surface area contributed by atoms with Crippen LogP contribution < -0.4 is 15.5 Å². The third kappa shape index (κ3) is 5.82. The van der Waals surface area contributed by atoms with E-state index in [1.165, 1.54) is 13.3 Å². The van der Waals surface area contributed by atoms with Crippen molar-refractivity contribution in [2.24, 2.45) is 5.10 Å². The van der Waals surface area contributed by atoms with Crippen LogP contribution in [0.4, 0.5) is 5.69 Å². The van der Waals surface area contributed by atoms with E-state index < -0.39 is 11.8 Å². The van der Waals surface area contributed by atoms with Gasteiger partial charge in [0.15, 0.2) is 11.5 Å². The van der Waals surface area contributed by atoms with Gasteiger partial charge < -0.3 is 15.2 Å². The third-order valence-electron chi connectivity index (χ3n) is 3.79. The molecular formula is C19H20BrN3O4. The van der Waals surface area contributed by atoms with E-state index >= 15 is 0 Å². The van der Waals surface area contributed by atoms with E-state index in [1.54, 1.807) is 18.2 Å². The van der Waals surface area contributed by atoms with Gasteiger partial charge in [-0.25, -0.2) is 5.43 Å². The van der Waals surface area contributed by atoms with Crippen molar-refractivity contribution >= 4 is 39.6 Å². The minimum atomic E-state index is -0.544. The van der Waals surface area contributed by atoms with Gasteiger partial charge in [0, 0.05) is 5.69 Å². The molecule has 0 aromatic heterocycles. The highest BCUT2D eigenvalue weighted by Gasteiger charge is 2.10. The van der Waals surface area contributed by atoms with E-state index in [9.17, 15) is 14.7 Å². The molecule has 0 radical (unpaired) electrons. The number of methoxy groups -OCH3 is 1. The Bertz CT molecular complexity index is 897. The Kier molecular flexibility index (Phi) is 6.95. The number of aromatic hydroxyl groups is 1. The summed E-state index contributed by atoms with van der Waals surface area (Å²) in [5.74, 6) is -0.732. The zero-order chi connectivity index (χ0) is 20.0. The molecular weight excluding hydrogens is 414 g/mol. The minimum Gasteiger partial charge on any atom is -0.503 e. The van der Waals surface area contributed by atoms with E-state index in [0.717, 1.165) is 11.1 Å². The van der Waals surface area contributed by atoms with Crippen LogP contribution in [-0.4, -0.2) is 30.2 Å². The van der Waals surface area contributed by atoms with Gasteiger partial charge >= 0.3 is 0 Å². The smallest absolute Gasteiger partial charge is 0.249 e. The van der Waals surface area contributed by atoms with Crippen molar-refractivity contribution < 1.29 is 19.4 Å². The number of rotatable bonds is 6. The van der Waals surface area contributed by atoms with Gasteiger partial charge in [0.2, 0.25) is 11.8 Å². The largest absolute Gasteiger partial charge is 0.503 e. The third-order valence-corrected chi connectivity index (χ3v) is 4.39. The second-order valence-corrected chi connectivity index (χ2v) is 6.73. The van der Waals surface area contributed by atoms with Crippen LogP contribution in [0.1, 0.15) is 23.1 Å². The highest BCUT2D eigenvalue weighted by Crippen LogP contribution is 2.34. The molecule has 0 spiro atoms. The number of benzene rings is 2. The predicted molar refractivity (Wildman–Crippen MR) is 107 cm³/mol. The van der Waals surface area contributed by atoms with Crippen molar-refractivity contribution in [2.45, 2.75) is 20.3 Å². The summed E-state index contributed by atoms with van der Waals surface area (Å²) in [6.07, 6.45) is 1.03. The fraction of sp³-hybridized carbons (Fsp3) is 0.211. The molecule has 0 aliphatic heterocycles. The summed E-state index contributed by atoms with van der Waals surface area (Å²) in [5, 5.41) is 16.2. The standard InChI is InChI=1S/C19H20BrN3O4/c1-11-4-5-14(6-12(11)2)22-17(24)9-18(25)23-21-10-13-7-15(20)19(26)16(8-13)27-3/h4-8,10,26H,9H2,1-3H3,(H,22,24)(H,23,25). The molecule has 0 unspecified atom stereocenters. The number of nitrogens with one attached hydrogen (secondary N) is 2. The molecule has 2 rings (SSSR count). The van der Waals surface area contributed by atoms with E-state index in [-0.39, 0.29) is 17.9 Å². The number of carbonyl (C=O) groups is 2. The first-order valence-electron chi connectivity index (χ1n) is 8.05. The summed E-state index contributed by atoms with van der Waals surface area (Å²) in [6.45, 7) is 3.93. The zero-order valence-corrected chi connectivity index (χ0v) is 16.8. The number of hydrogen-bond acceptors (Lipinski definition) is 5. The highest BCUT2D eigenvalue weighted by atomic mass is 79.9. The minimum absolute atomic E-state index is 0.0262. The van der Waals surface area contributed by atoms with Crippen LogP contribution in [0.5, 0.6) is 11.5 Å². The number of hydrazone groups is 1. The average Bonchev–Trinajstić information content (AvgIpc) is 2.60. The van der Waals surface area contributed by atoms with Gasteiger partial charge in [0.25, 0.3) is 0 Å². The summed E-state index contributed by atoms with van der Waals surface area (Å²) in [4.78, 5) is 23.8. The first kappa shape index (κ1) is 20.4. The molecule has 0 saturated heterocycles. The first-order valence-corrected chi connectivity index (χ1v) is 8.85. The summed E-state index contributed by atoms with van der Waals surface area (Å²) in [5.41, 5.74) is 5.70. The molecule has 27 heavy (non-hydrogen) atoms. The monoisotopic (exact) mass is 433 g/mol. The van der Waals surface area contributed by atoms with Gasteiger partial charge in [0.05, 0.1) is 17.8 Å². The van der Waals surface area contributed by atoms with Gasteiger partial charge in [-0.3, -0.25) is 9.59 Å². The number of halogens is 1. The number of nitrogens with zero attached hydrogens (tertiary/aromatic N) is 1. The number of aryl methyl sites for hydroxylation is 2. The quantitative estimate of drug-likeness (QED) is 0.369. The molecule has 2 aromatic carbocycles. The van der Waals surface area contributed by atoms with Crippen LogP contribution in [0.2, 0.25) is 0 Å². The zero-order valence-electron chi connectivity index (χ0n) is 15.2. The molecule has 0 bridgehead atoms. The van der Waals surface area contributed by atoms with Gasteiger partial charge in [0.1, 0.15) is 6.42 Å². The summed E-state index contributed by atoms with van der Waals surface area (Å²) in [6, 6.07) is 8.70. The van der Waals surface area contributed by atoms with Crippen molar-refractivity contribution in [3.8, 4) is 11.5 Å². The van der Waals surface area contributed by atoms with Gasteiger partial charge in [-0.15, -0.1) is 0 Å². The highest BCUT2D eigenvalue weighted by molar-refractivity contribution is 9.10.